The lowest BCUT2D eigenvalue weighted by Gasteiger charge is -2.09. The Morgan fingerprint density at radius 1 is 0.294 bits per heavy atom. The fourth-order valence-electron chi connectivity index (χ4n) is 7.98. The quantitative estimate of drug-likeness (QED) is 0.0662. The van der Waals surface area contributed by atoms with Gasteiger partial charge in [0.2, 0.25) is 0 Å². The van der Waals surface area contributed by atoms with E-state index in [1.807, 2.05) is 0 Å². The van der Waals surface area contributed by atoms with E-state index in [0.717, 1.165) is 0 Å². The zero-order valence-corrected chi connectivity index (χ0v) is 46.7. The molecule has 5 heterocycles. The van der Waals surface area contributed by atoms with Gasteiger partial charge in [-0.2, -0.15) is 0 Å². The molecule has 0 atom stereocenters. The fraction of sp³-hybridized carbons (Fsp3) is 0. The lowest BCUT2D eigenvalue weighted by Crippen LogP contribution is -2.29. The normalized spacial score (nSPS) is 12.6. The van der Waals surface area contributed by atoms with E-state index in [1.165, 1.54) is 0 Å². The maximum Gasteiger partial charge on any atom is 0.488 e. The summed E-state index contributed by atoms with van der Waals surface area (Å²) >= 11 is 31.2. The molecule has 0 unspecified atom stereocenters. The van der Waals surface area contributed by atoms with Gasteiger partial charge in [0.05, 0.1) is 80.7 Å². The molecular weight excluding hydrogens is 1390 g/mol. The van der Waals surface area contributed by atoms with Gasteiger partial charge in [0.25, 0.3) is 0 Å². The van der Waals surface area contributed by atoms with Gasteiger partial charge in [-0.15, -0.1) is 0 Å². The Hall–Kier alpha value is -2.74. The second-order valence-electron chi connectivity index (χ2n) is 15.4. The molecule has 7 aromatic rings. The van der Waals surface area contributed by atoms with Gasteiger partial charge in [0.1, 0.15) is 0 Å². The van der Waals surface area contributed by atoms with Crippen LogP contribution in [0.4, 0.5) is 0 Å². The van der Waals surface area contributed by atoms with Gasteiger partial charge in [-0.3, -0.25) is 0 Å². The minimum absolute atomic E-state index is 0.267. The highest BCUT2D eigenvalue weighted by atomic mass is 79.9. The van der Waals surface area contributed by atoms with Crippen LogP contribution in [0.2, 0.25) is 0 Å². The van der Waals surface area contributed by atoms with Crippen LogP contribution in [0.5, 0.6) is 0 Å². The molecule has 0 amide bonds. The zero-order valence-electron chi connectivity index (χ0n) is 34.0. The van der Waals surface area contributed by atoms with Gasteiger partial charge < -0.3 is 50.2 Å². The van der Waals surface area contributed by atoms with Gasteiger partial charge in [0.15, 0.2) is 0 Å². The second-order valence-corrected chi connectivity index (χ2v) is 21.7. The standard InChI is InChI=1S/C44H26B4Br8N4O8/c49-29-31(51)39-26(18-3-11-22(12-4-18)46(63)64)41-33(53)35(55)43(59-41)28(20-7-15-24(16-8-20)48(67)68)44-36(56)34(54)42(60-44)27(19-5-13-23(14-6-19)47(65)66)40-32(52)30(50)38(58-40)25(37(29)57-39)17-1-9-21(10-2-17)45(61)62/h1-16,57-58,61-68H. The molecule has 0 aliphatic carbocycles. The summed E-state index contributed by atoms with van der Waals surface area (Å²) < 4.78 is 4.62. The van der Waals surface area contributed by atoms with Crippen LogP contribution in [0.25, 0.3) is 84.5 Å². The molecule has 0 spiro atoms. The number of hydrogen-bond donors (Lipinski definition) is 10. The van der Waals surface area contributed by atoms with Crippen LogP contribution in [-0.2, 0) is 0 Å². The number of rotatable bonds is 8. The van der Waals surface area contributed by atoms with Gasteiger partial charge in [-0.1, -0.05) is 97.1 Å². The van der Waals surface area contributed by atoms with E-state index in [2.05, 4.69) is 137 Å². The van der Waals surface area contributed by atoms with Crippen molar-refractivity contribution >= 4 is 218 Å². The van der Waals surface area contributed by atoms with Crippen LogP contribution >= 0.6 is 127 Å². The van der Waals surface area contributed by atoms with Crippen molar-refractivity contribution in [1.29, 1.82) is 0 Å². The molecule has 68 heavy (non-hydrogen) atoms. The van der Waals surface area contributed by atoms with E-state index in [-0.39, 0.29) is 21.9 Å². The highest BCUT2D eigenvalue weighted by molar-refractivity contribution is 9.18. The molecule has 10 N–H and O–H groups in total. The number of halogens is 8. The minimum atomic E-state index is -1.72. The number of hydrogen-bond acceptors (Lipinski definition) is 10. The third kappa shape index (κ3) is 8.98. The molecule has 4 aromatic carbocycles. The molecule has 24 heteroatoms. The average Bonchev–Trinajstić information content (AvgIpc) is 3.98. The van der Waals surface area contributed by atoms with Crippen molar-refractivity contribution < 1.29 is 40.2 Å². The Morgan fingerprint density at radius 2 is 0.500 bits per heavy atom. The Kier molecular flexibility index (Phi) is 14.8. The third-order valence-electron chi connectivity index (χ3n) is 11.4. The van der Waals surface area contributed by atoms with Crippen LogP contribution in [0.15, 0.2) is 115 Å². The van der Waals surface area contributed by atoms with Crippen LogP contribution in [-0.4, -0.2) is 88.6 Å². The van der Waals surface area contributed by atoms with Gasteiger partial charge in [-0.05, 0) is 172 Å². The van der Waals surface area contributed by atoms with Gasteiger partial charge in [-0.25, -0.2) is 9.97 Å². The molecule has 0 saturated heterocycles. The van der Waals surface area contributed by atoms with E-state index in [1.54, 1.807) is 97.1 Å². The molecule has 0 fully saturated rings. The van der Waals surface area contributed by atoms with Crippen molar-refractivity contribution in [1.82, 2.24) is 19.9 Å². The van der Waals surface area contributed by atoms with Crippen LogP contribution in [0.3, 0.4) is 0 Å². The first-order chi connectivity index (χ1) is 32.4. The van der Waals surface area contributed by atoms with Crippen molar-refractivity contribution in [2.75, 3.05) is 0 Å². The largest absolute Gasteiger partial charge is 0.488 e. The van der Waals surface area contributed by atoms with Crippen molar-refractivity contribution in [3.05, 3.63) is 138 Å². The monoisotopic (exact) mass is 1410 g/mol. The number of fused-ring (bicyclic) bond motifs is 8. The molecule has 3 aromatic heterocycles. The van der Waals surface area contributed by atoms with E-state index in [4.69, 9.17) is 9.97 Å². The Bertz CT molecular complexity index is 3270. The first-order valence-electron chi connectivity index (χ1n) is 19.9. The summed E-state index contributed by atoms with van der Waals surface area (Å²) in [5, 5.41) is 80.7. The molecule has 9 rings (SSSR count). The number of nitrogens with zero attached hydrogens (tertiary/aromatic N) is 2. The van der Waals surface area contributed by atoms with Crippen molar-refractivity contribution in [2.24, 2.45) is 0 Å². The van der Waals surface area contributed by atoms with Crippen LogP contribution < -0.4 is 21.9 Å². The zero-order chi connectivity index (χ0) is 48.6. The highest BCUT2D eigenvalue weighted by Gasteiger charge is 2.32. The molecule has 12 nitrogen and oxygen atoms in total. The minimum Gasteiger partial charge on any atom is -0.423 e. The lowest BCUT2D eigenvalue weighted by atomic mass is 9.79. The molecule has 2 aliphatic rings. The van der Waals surface area contributed by atoms with E-state index >= 15 is 0 Å². The number of H-pyrrole nitrogens is 2. The lowest BCUT2D eigenvalue weighted by molar-refractivity contribution is 0.424. The Morgan fingerprint density at radius 3 is 0.750 bits per heavy atom. The average molecular weight is 1420 g/mol. The third-order valence-corrected chi connectivity index (χ3v) is 19.8. The van der Waals surface area contributed by atoms with E-state index in [0.29, 0.717) is 125 Å². The van der Waals surface area contributed by atoms with Gasteiger partial charge >= 0.3 is 28.5 Å². The molecule has 338 valence electrons. The van der Waals surface area contributed by atoms with E-state index < -0.39 is 28.5 Å². The summed E-state index contributed by atoms with van der Waals surface area (Å²) in [4.78, 5) is 18.2. The second kappa shape index (κ2) is 20.0. The smallest absolute Gasteiger partial charge is 0.423 e. The number of aromatic nitrogens is 4. The van der Waals surface area contributed by atoms with Crippen molar-refractivity contribution in [2.45, 2.75) is 0 Å². The molecule has 2 aliphatic heterocycles. The number of benzene rings is 4. The molecule has 0 saturated carbocycles. The summed E-state index contributed by atoms with van der Waals surface area (Å²) in [6.07, 6.45) is 0. The number of nitrogens with one attached hydrogen (secondary N) is 2. The first-order valence-corrected chi connectivity index (χ1v) is 26.3. The Labute approximate surface area is 455 Å². The first kappa shape index (κ1) is 50.2. The summed E-state index contributed by atoms with van der Waals surface area (Å²) in [6, 6.07) is 27.0. The molecule has 0 radical (unpaired) electrons. The van der Waals surface area contributed by atoms with Gasteiger partial charge in [0, 0.05) is 22.3 Å². The SMILES string of the molecule is OB(O)c1ccc(-c2c3nc(c(-c4ccc(B(O)O)cc4)c4[nH]c(c(Br)c4Br)c(-c4ccc(B(O)O)cc4)c4[nH]c(c(Br)c4Br)c(-c4ccc(B(O)O)cc4)c4nc2C(Br)=C4Br)C(Br)=C3Br)cc1. The predicted octanol–water partition coefficient (Wildman–Crippen LogP) is 7.98. The molecular formula is C44H26B4Br8N4O8. The maximum absolute atomic E-state index is 10.1. The summed E-state index contributed by atoms with van der Waals surface area (Å²) in [5.41, 5.74) is 10.1. The predicted molar refractivity (Wildman–Crippen MR) is 302 cm³/mol. The van der Waals surface area contributed by atoms with Crippen LogP contribution in [0.1, 0.15) is 22.8 Å². The Balaban J connectivity index is 1.57. The van der Waals surface area contributed by atoms with Crippen molar-refractivity contribution in [3.8, 4) is 44.5 Å². The van der Waals surface area contributed by atoms with Crippen LogP contribution in [0, 0.1) is 0 Å². The summed E-state index contributed by atoms with van der Waals surface area (Å²) in [6.45, 7) is 0. The highest BCUT2D eigenvalue weighted by Crippen LogP contribution is 2.53. The van der Waals surface area contributed by atoms with Crippen molar-refractivity contribution in [3.63, 3.8) is 0 Å². The molecule has 8 bridgehead atoms. The summed E-state index contributed by atoms with van der Waals surface area (Å²) in [7, 11) is -6.86. The fourth-order valence-corrected chi connectivity index (χ4v) is 11.9. The van der Waals surface area contributed by atoms with E-state index in [9.17, 15) is 40.2 Å². The topological polar surface area (TPSA) is 219 Å². The number of aromatic amines is 2. The maximum atomic E-state index is 10.1. The summed E-state index contributed by atoms with van der Waals surface area (Å²) in [5.74, 6) is 0.